The second-order valence-corrected chi connectivity index (χ2v) is 7.11. The first kappa shape index (κ1) is 17.3. The summed E-state index contributed by atoms with van der Waals surface area (Å²) in [4.78, 5) is 14.8. The Morgan fingerprint density at radius 2 is 2.09 bits per heavy atom. The van der Waals surface area contributed by atoms with E-state index in [9.17, 15) is 4.79 Å². The second kappa shape index (κ2) is 7.98. The molecule has 0 saturated carbocycles. The first-order valence-electron chi connectivity index (χ1n) is 8.23. The quantitative estimate of drug-likeness (QED) is 0.896. The molecule has 22 heavy (non-hydrogen) atoms. The number of halogens is 1. The Hall–Kier alpha value is -1.06. The fourth-order valence-electron chi connectivity index (χ4n) is 2.79. The molecule has 122 valence electrons. The molecule has 1 aliphatic rings. The molecule has 1 aliphatic heterocycles. The molecule has 2 atom stereocenters. The van der Waals surface area contributed by atoms with E-state index in [0.717, 1.165) is 43.1 Å². The van der Waals surface area contributed by atoms with Gasteiger partial charge in [0.15, 0.2) is 0 Å². The van der Waals surface area contributed by atoms with Gasteiger partial charge in [-0.05, 0) is 43.9 Å². The summed E-state index contributed by atoms with van der Waals surface area (Å²) in [6.07, 6.45) is 2.05. The molecule has 0 aliphatic carbocycles. The monoisotopic (exact) mass is 322 g/mol. The number of carbonyl (C=O) groups is 1. The van der Waals surface area contributed by atoms with E-state index < -0.39 is 0 Å². The van der Waals surface area contributed by atoms with Gasteiger partial charge in [0.05, 0.1) is 5.92 Å². The highest BCUT2D eigenvalue weighted by Gasteiger charge is 2.27. The lowest BCUT2D eigenvalue weighted by Crippen LogP contribution is -2.46. The van der Waals surface area contributed by atoms with Crippen LogP contribution in [-0.4, -0.2) is 29.9 Å². The van der Waals surface area contributed by atoms with Gasteiger partial charge in [0.1, 0.15) is 0 Å². The minimum Gasteiger partial charge on any atom is -0.353 e. The Labute approximate surface area is 139 Å². The Morgan fingerprint density at radius 3 is 2.77 bits per heavy atom. The van der Waals surface area contributed by atoms with Gasteiger partial charge in [-0.25, -0.2) is 0 Å². The van der Waals surface area contributed by atoms with E-state index in [1.807, 2.05) is 18.2 Å². The van der Waals surface area contributed by atoms with Gasteiger partial charge in [-0.15, -0.1) is 0 Å². The van der Waals surface area contributed by atoms with Crippen molar-refractivity contribution in [2.45, 2.75) is 46.2 Å². The van der Waals surface area contributed by atoms with Crippen molar-refractivity contribution >= 4 is 17.5 Å². The summed E-state index contributed by atoms with van der Waals surface area (Å²) >= 11 is 6.24. The summed E-state index contributed by atoms with van der Waals surface area (Å²) in [5.41, 5.74) is 1.14. The number of likely N-dealkylation sites (tertiary alicyclic amines) is 1. The van der Waals surface area contributed by atoms with Crippen LogP contribution in [0.25, 0.3) is 0 Å². The smallest absolute Gasteiger partial charge is 0.224 e. The molecule has 0 spiro atoms. The van der Waals surface area contributed by atoms with Crippen molar-refractivity contribution in [1.29, 1.82) is 0 Å². The highest BCUT2D eigenvalue weighted by Crippen LogP contribution is 2.22. The third-order valence-electron chi connectivity index (χ3n) is 4.60. The van der Waals surface area contributed by atoms with Crippen LogP contribution < -0.4 is 5.32 Å². The first-order chi connectivity index (χ1) is 10.5. The fraction of sp³-hybridized carbons (Fsp3) is 0.611. The highest BCUT2D eigenvalue weighted by atomic mass is 35.5. The molecule has 0 radical (unpaired) electrons. The maximum atomic E-state index is 12.4. The molecule has 1 fully saturated rings. The Kier molecular flexibility index (Phi) is 6.27. The zero-order valence-electron chi connectivity index (χ0n) is 13.8. The molecule has 1 saturated heterocycles. The highest BCUT2D eigenvalue weighted by molar-refractivity contribution is 6.31. The summed E-state index contributed by atoms with van der Waals surface area (Å²) in [6, 6.07) is 8.18. The molecule has 0 aromatic heterocycles. The topological polar surface area (TPSA) is 32.3 Å². The summed E-state index contributed by atoms with van der Waals surface area (Å²) < 4.78 is 0. The molecule has 2 unspecified atom stereocenters. The summed E-state index contributed by atoms with van der Waals surface area (Å²) in [7, 11) is 0. The number of benzene rings is 1. The predicted molar refractivity (Wildman–Crippen MR) is 91.9 cm³/mol. The van der Waals surface area contributed by atoms with Crippen molar-refractivity contribution in [1.82, 2.24) is 10.2 Å². The van der Waals surface area contributed by atoms with E-state index in [-0.39, 0.29) is 17.9 Å². The van der Waals surface area contributed by atoms with Crippen LogP contribution in [0.2, 0.25) is 5.02 Å². The van der Waals surface area contributed by atoms with Crippen LogP contribution in [-0.2, 0) is 11.3 Å². The second-order valence-electron chi connectivity index (χ2n) is 6.71. The number of rotatable bonds is 5. The lowest BCUT2D eigenvalue weighted by Gasteiger charge is -2.33. The Bertz CT molecular complexity index is 504. The summed E-state index contributed by atoms with van der Waals surface area (Å²) in [6.45, 7) is 9.03. The van der Waals surface area contributed by atoms with Crippen molar-refractivity contribution in [2.75, 3.05) is 13.1 Å². The van der Waals surface area contributed by atoms with Crippen LogP contribution >= 0.6 is 11.6 Å². The van der Waals surface area contributed by atoms with Crippen molar-refractivity contribution in [3.63, 3.8) is 0 Å². The number of carbonyl (C=O) groups excluding carboxylic acids is 1. The normalized spacial score (nSPS) is 20.9. The van der Waals surface area contributed by atoms with Gasteiger partial charge in [-0.1, -0.05) is 43.6 Å². The van der Waals surface area contributed by atoms with Crippen molar-refractivity contribution in [2.24, 2.45) is 11.8 Å². The molecular weight excluding hydrogens is 296 g/mol. The standard InChI is InChI=1S/C18H27ClN2O/c1-13(2)14(3)20-18(22)16-8-6-10-21(12-16)11-15-7-4-5-9-17(15)19/h4-5,7,9,13-14,16H,6,8,10-12H2,1-3H3,(H,20,22). The van der Waals surface area contributed by atoms with E-state index in [0.29, 0.717) is 5.92 Å². The lowest BCUT2D eigenvalue weighted by atomic mass is 9.95. The van der Waals surface area contributed by atoms with Crippen LogP contribution in [0.15, 0.2) is 24.3 Å². The fourth-order valence-corrected chi connectivity index (χ4v) is 2.99. The zero-order chi connectivity index (χ0) is 16.1. The van der Waals surface area contributed by atoms with Gasteiger partial charge in [0.25, 0.3) is 0 Å². The van der Waals surface area contributed by atoms with Crippen LogP contribution in [0.5, 0.6) is 0 Å². The minimum absolute atomic E-state index is 0.0948. The maximum Gasteiger partial charge on any atom is 0.224 e. The van der Waals surface area contributed by atoms with E-state index in [1.165, 1.54) is 0 Å². The van der Waals surface area contributed by atoms with Crippen LogP contribution in [0, 0.1) is 11.8 Å². The van der Waals surface area contributed by atoms with Crippen LogP contribution in [0.3, 0.4) is 0 Å². The molecule has 1 amide bonds. The molecule has 1 N–H and O–H groups in total. The third kappa shape index (κ3) is 4.72. The van der Waals surface area contributed by atoms with Gasteiger partial charge < -0.3 is 5.32 Å². The van der Waals surface area contributed by atoms with Crippen LogP contribution in [0.4, 0.5) is 0 Å². The van der Waals surface area contributed by atoms with E-state index >= 15 is 0 Å². The van der Waals surface area contributed by atoms with Gasteiger partial charge >= 0.3 is 0 Å². The van der Waals surface area contributed by atoms with E-state index in [1.54, 1.807) is 0 Å². The number of amides is 1. The average molecular weight is 323 g/mol. The molecule has 0 bridgehead atoms. The summed E-state index contributed by atoms with van der Waals surface area (Å²) in [5, 5.41) is 3.96. The maximum absolute atomic E-state index is 12.4. The van der Waals surface area contributed by atoms with Crippen molar-refractivity contribution in [3.05, 3.63) is 34.9 Å². The number of nitrogens with zero attached hydrogens (tertiary/aromatic N) is 1. The third-order valence-corrected chi connectivity index (χ3v) is 4.97. The van der Waals surface area contributed by atoms with Crippen LogP contribution in [0.1, 0.15) is 39.2 Å². The van der Waals surface area contributed by atoms with Gasteiger partial charge in [0, 0.05) is 24.2 Å². The largest absolute Gasteiger partial charge is 0.353 e. The van der Waals surface area contributed by atoms with Gasteiger partial charge in [-0.2, -0.15) is 0 Å². The molecule has 1 aromatic carbocycles. The minimum atomic E-state index is 0.0948. The lowest BCUT2D eigenvalue weighted by molar-refractivity contribution is -0.127. The number of hydrogen-bond donors (Lipinski definition) is 1. The van der Waals surface area contributed by atoms with Crippen molar-refractivity contribution < 1.29 is 4.79 Å². The molecule has 2 rings (SSSR count). The first-order valence-corrected chi connectivity index (χ1v) is 8.61. The molecule has 1 aromatic rings. The predicted octanol–water partition coefficient (Wildman–Crippen LogP) is 3.71. The van der Waals surface area contributed by atoms with E-state index in [4.69, 9.17) is 11.6 Å². The van der Waals surface area contributed by atoms with E-state index in [2.05, 4.69) is 37.1 Å². The average Bonchev–Trinajstić information content (AvgIpc) is 2.49. The molecule has 3 nitrogen and oxygen atoms in total. The number of piperidine rings is 1. The molecular formula is C18H27ClN2O. The zero-order valence-corrected chi connectivity index (χ0v) is 14.6. The Balaban J connectivity index is 1.91. The van der Waals surface area contributed by atoms with Crippen molar-refractivity contribution in [3.8, 4) is 0 Å². The molecule has 1 heterocycles. The Morgan fingerprint density at radius 1 is 1.36 bits per heavy atom. The van der Waals surface area contributed by atoms with Gasteiger partial charge in [0.2, 0.25) is 5.91 Å². The van der Waals surface area contributed by atoms with Gasteiger partial charge in [-0.3, -0.25) is 9.69 Å². The number of nitrogens with one attached hydrogen (secondary N) is 1. The number of hydrogen-bond acceptors (Lipinski definition) is 2. The SMILES string of the molecule is CC(C)C(C)NC(=O)C1CCCN(Cc2ccccc2Cl)C1. The molecule has 4 heteroatoms. The summed E-state index contributed by atoms with van der Waals surface area (Å²) in [5.74, 6) is 0.759.